The minimum atomic E-state index is -1.98. The van der Waals surface area contributed by atoms with Crippen molar-refractivity contribution >= 4 is 5.97 Å². The second kappa shape index (κ2) is 11.7. The van der Waals surface area contributed by atoms with E-state index in [4.69, 9.17) is 4.74 Å². The van der Waals surface area contributed by atoms with Gasteiger partial charge in [0.05, 0.1) is 0 Å². The summed E-state index contributed by atoms with van der Waals surface area (Å²) in [6.07, 6.45) is 9.97. The lowest BCUT2D eigenvalue weighted by molar-refractivity contribution is -0.147. The molecule has 0 saturated heterocycles. The zero-order valence-electron chi connectivity index (χ0n) is 19.8. The molecule has 0 amide bonds. The van der Waals surface area contributed by atoms with Gasteiger partial charge in [0.25, 0.3) is 0 Å². The van der Waals surface area contributed by atoms with Crippen molar-refractivity contribution in [2.75, 3.05) is 0 Å². The first kappa shape index (κ1) is 24.6. The average molecular weight is 449 g/mol. The van der Waals surface area contributed by atoms with E-state index >= 15 is 0 Å². The molecule has 0 aliphatic carbocycles. The molecule has 0 spiro atoms. The summed E-state index contributed by atoms with van der Waals surface area (Å²) >= 11 is 0. The van der Waals surface area contributed by atoms with Gasteiger partial charge >= 0.3 is 5.97 Å². The Labute approximate surface area is 196 Å². The molecule has 33 heavy (non-hydrogen) atoms. The maximum Gasteiger partial charge on any atom is 0.348 e. The number of hydrogen-bond acceptors (Lipinski definition) is 4. The molecule has 3 rings (SSSR count). The molecule has 0 fully saturated rings. The van der Waals surface area contributed by atoms with E-state index in [0.29, 0.717) is 18.0 Å². The Kier molecular flexibility index (Phi) is 8.70. The first-order valence-electron chi connectivity index (χ1n) is 11.9. The maximum atomic E-state index is 14.6. The van der Waals surface area contributed by atoms with Crippen LogP contribution >= 0.6 is 0 Å². The fourth-order valence-electron chi connectivity index (χ4n) is 3.66. The molecule has 0 aliphatic rings. The third-order valence-corrected chi connectivity index (χ3v) is 5.74. The van der Waals surface area contributed by atoms with Crippen molar-refractivity contribution < 1.29 is 13.9 Å². The van der Waals surface area contributed by atoms with Crippen molar-refractivity contribution in [2.45, 2.75) is 71.4 Å². The zero-order valence-corrected chi connectivity index (χ0v) is 19.8. The maximum absolute atomic E-state index is 14.6. The molecule has 1 atom stereocenters. The summed E-state index contributed by atoms with van der Waals surface area (Å²) in [5.74, 6) is 0.148. The van der Waals surface area contributed by atoms with Crippen LogP contribution < -0.4 is 4.74 Å². The Morgan fingerprint density at radius 2 is 1.55 bits per heavy atom. The van der Waals surface area contributed by atoms with Crippen molar-refractivity contribution in [2.24, 2.45) is 0 Å². The van der Waals surface area contributed by atoms with Crippen LogP contribution in [0.3, 0.4) is 0 Å². The van der Waals surface area contributed by atoms with E-state index in [0.717, 1.165) is 41.5 Å². The molecule has 1 heterocycles. The first-order chi connectivity index (χ1) is 15.9. The molecular formula is C28H33FN2O2. The SMILES string of the molecule is CCCCCc1cnc(-c2ccccc2-c2ccc(OC(=O)C(C)(F)CCCC)cc2)nc1. The standard InChI is InChI=1S/C28H33FN2O2/c1-4-6-8-11-21-19-30-26(31-20-21)25-13-10-9-12-24(25)22-14-16-23(17-15-22)33-27(32)28(3,29)18-7-5-2/h9-10,12-17,19-20H,4-8,11,18H2,1-3H3. The highest BCUT2D eigenvalue weighted by Crippen LogP contribution is 2.31. The van der Waals surface area contributed by atoms with Crippen LogP contribution in [0.5, 0.6) is 5.75 Å². The Morgan fingerprint density at radius 3 is 2.18 bits per heavy atom. The molecule has 0 aliphatic heterocycles. The van der Waals surface area contributed by atoms with Gasteiger partial charge in [0.1, 0.15) is 5.75 Å². The molecule has 3 aromatic rings. The summed E-state index contributed by atoms with van der Waals surface area (Å²) < 4.78 is 19.9. The normalized spacial score (nSPS) is 12.8. The number of halogens is 1. The van der Waals surface area contributed by atoms with Gasteiger partial charge in [-0.3, -0.25) is 0 Å². The fourth-order valence-corrected chi connectivity index (χ4v) is 3.66. The predicted molar refractivity (Wildman–Crippen MR) is 131 cm³/mol. The van der Waals surface area contributed by atoms with Crippen molar-refractivity contribution in [1.82, 2.24) is 9.97 Å². The van der Waals surface area contributed by atoms with Crippen LogP contribution in [0.4, 0.5) is 4.39 Å². The van der Waals surface area contributed by atoms with Crippen LogP contribution in [-0.2, 0) is 11.2 Å². The van der Waals surface area contributed by atoms with Crippen LogP contribution in [0, 0.1) is 0 Å². The summed E-state index contributed by atoms with van der Waals surface area (Å²) in [6, 6.07) is 15.1. The average Bonchev–Trinajstić information content (AvgIpc) is 2.84. The van der Waals surface area contributed by atoms with Gasteiger partial charge in [0, 0.05) is 18.0 Å². The topological polar surface area (TPSA) is 52.1 Å². The number of alkyl halides is 1. The number of aromatic nitrogens is 2. The van der Waals surface area contributed by atoms with E-state index in [1.54, 1.807) is 12.1 Å². The van der Waals surface area contributed by atoms with E-state index in [-0.39, 0.29) is 6.42 Å². The second-order valence-electron chi connectivity index (χ2n) is 8.63. The lowest BCUT2D eigenvalue weighted by Gasteiger charge is -2.18. The number of esters is 1. The van der Waals surface area contributed by atoms with Gasteiger partial charge in [-0.1, -0.05) is 69.5 Å². The summed E-state index contributed by atoms with van der Waals surface area (Å²) in [5, 5.41) is 0. The van der Waals surface area contributed by atoms with Gasteiger partial charge < -0.3 is 4.74 Å². The Balaban J connectivity index is 1.75. The van der Waals surface area contributed by atoms with E-state index in [9.17, 15) is 9.18 Å². The van der Waals surface area contributed by atoms with E-state index in [1.807, 2.05) is 55.7 Å². The van der Waals surface area contributed by atoms with Gasteiger partial charge in [0.2, 0.25) is 5.67 Å². The Bertz CT molecular complexity index is 1030. The minimum Gasteiger partial charge on any atom is -0.424 e. The van der Waals surface area contributed by atoms with Crippen LogP contribution in [-0.4, -0.2) is 21.6 Å². The smallest absolute Gasteiger partial charge is 0.348 e. The van der Waals surface area contributed by atoms with E-state index in [1.165, 1.54) is 19.8 Å². The van der Waals surface area contributed by atoms with Crippen molar-refractivity contribution in [1.29, 1.82) is 0 Å². The third-order valence-electron chi connectivity index (χ3n) is 5.74. The lowest BCUT2D eigenvalue weighted by atomic mass is 9.99. The quantitative estimate of drug-likeness (QED) is 0.175. The van der Waals surface area contributed by atoms with Crippen LogP contribution in [0.2, 0.25) is 0 Å². The highest BCUT2D eigenvalue weighted by atomic mass is 19.1. The summed E-state index contributed by atoms with van der Waals surface area (Å²) in [7, 11) is 0. The van der Waals surface area contributed by atoms with E-state index in [2.05, 4.69) is 16.9 Å². The van der Waals surface area contributed by atoms with Gasteiger partial charge in [-0.05, 0) is 61.4 Å². The number of aryl methyl sites for hydroxylation is 1. The summed E-state index contributed by atoms with van der Waals surface area (Å²) in [4.78, 5) is 21.4. The number of benzene rings is 2. The molecule has 0 N–H and O–H groups in total. The van der Waals surface area contributed by atoms with Crippen LogP contribution in [0.25, 0.3) is 22.5 Å². The summed E-state index contributed by atoms with van der Waals surface area (Å²) in [6.45, 7) is 5.44. The molecule has 174 valence electrons. The molecule has 0 bridgehead atoms. The third kappa shape index (κ3) is 6.70. The van der Waals surface area contributed by atoms with Crippen LogP contribution in [0.1, 0.15) is 64.9 Å². The number of carbonyl (C=O) groups excluding carboxylic acids is 1. The molecule has 5 heteroatoms. The number of ether oxygens (including phenoxy) is 1. The monoisotopic (exact) mass is 448 g/mol. The second-order valence-corrected chi connectivity index (χ2v) is 8.63. The molecule has 1 unspecified atom stereocenters. The predicted octanol–water partition coefficient (Wildman–Crippen LogP) is 7.37. The highest BCUT2D eigenvalue weighted by molar-refractivity contribution is 5.82. The number of carbonyl (C=O) groups is 1. The van der Waals surface area contributed by atoms with Crippen molar-refractivity contribution in [3.63, 3.8) is 0 Å². The van der Waals surface area contributed by atoms with Crippen molar-refractivity contribution in [3.05, 3.63) is 66.5 Å². The van der Waals surface area contributed by atoms with Gasteiger partial charge in [-0.25, -0.2) is 19.2 Å². The zero-order chi connectivity index (χ0) is 23.7. The largest absolute Gasteiger partial charge is 0.424 e. The number of unbranched alkanes of at least 4 members (excludes halogenated alkanes) is 3. The van der Waals surface area contributed by atoms with Gasteiger partial charge in [-0.2, -0.15) is 0 Å². The van der Waals surface area contributed by atoms with Crippen LogP contribution in [0.15, 0.2) is 60.9 Å². The highest BCUT2D eigenvalue weighted by Gasteiger charge is 2.34. The first-order valence-corrected chi connectivity index (χ1v) is 11.9. The molecule has 0 radical (unpaired) electrons. The number of rotatable bonds is 11. The van der Waals surface area contributed by atoms with Gasteiger partial charge in [0.15, 0.2) is 5.82 Å². The lowest BCUT2D eigenvalue weighted by Crippen LogP contribution is -2.34. The van der Waals surface area contributed by atoms with Gasteiger partial charge in [-0.15, -0.1) is 0 Å². The summed E-state index contributed by atoms with van der Waals surface area (Å²) in [5.41, 5.74) is 2.01. The molecule has 2 aromatic carbocycles. The fraction of sp³-hybridized carbons (Fsp3) is 0.393. The number of nitrogens with zero attached hydrogens (tertiary/aromatic N) is 2. The number of hydrogen-bond donors (Lipinski definition) is 0. The Hall–Kier alpha value is -3.08. The molecular weight excluding hydrogens is 415 g/mol. The molecule has 1 aromatic heterocycles. The Morgan fingerprint density at radius 1 is 0.909 bits per heavy atom. The van der Waals surface area contributed by atoms with Crippen molar-refractivity contribution in [3.8, 4) is 28.3 Å². The molecule has 4 nitrogen and oxygen atoms in total. The molecule has 0 saturated carbocycles. The minimum absolute atomic E-state index is 0.158. The van der Waals surface area contributed by atoms with E-state index < -0.39 is 11.6 Å².